The number of hydrogen-bond donors (Lipinski definition) is 0. The van der Waals surface area contributed by atoms with Crippen LogP contribution in [0.4, 0.5) is 0 Å². The summed E-state index contributed by atoms with van der Waals surface area (Å²) in [6.07, 6.45) is 3.56. The Kier molecular flexibility index (Phi) is 3.97. The van der Waals surface area contributed by atoms with E-state index in [1.807, 2.05) is 12.1 Å². The van der Waals surface area contributed by atoms with Crippen molar-refractivity contribution in [2.24, 2.45) is 5.41 Å². The van der Waals surface area contributed by atoms with E-state index in [0.717, 1.165) is 38.1 Å². The molecule has 1 aromatic heterocycles. The second-order valence-corrected chi connectivity index (χ2v) is 4.67. The van der Waals surface area contributed by atoms with Crippen LogP contribution in [-0.4, -0.2) is 37.5 Å². The molecule has 1 unspecified atom stereocenters. The van der Waals surface area contributed by atoms with Crippen LogP contribution in [0.25, 0.3) is 0 Å². The standard InChI is InChI=1S/C13H19NO3/c1-2-14(8-12-4-3-6-17-12)9-13(10-15)5-7-16-11-13/h3-4,6,10H,2,5,7-9,11H2,1H3. The topological polar surface area (TPSA) is 42.7 Å². The zero-order chi connectivity index (χ0) is 12.1. The van der Waals surface area contributed by atoms with Gasteiger partial charge in [0, 0.05) is 13.2 Å². The van der Waals surface area contributed by atoms with E-state index < -0.39 is 0 Å². The highest BCUT2D eigenvalue weighted by molar-refractivity contribution is 5.60. The van der Waals surface area contributed by atoms with Gasteiger partial charge in [-0.3, -0.25) is 4.90 Å². The minimum absolute atomic E-state index is 0.317. The summed E-state index contributed by atoms with van der Waals surface area (Å²) in [5.41, 5.74) is -0.317. The van der Waals surface area contributed by atoms with Gasteiger partial charge in [-0.1, -0.05) is 6.92 Å². The zero-order valence-corrected chi connectivity index (χ0v) is 10.2. The lowest BCUT2D eigenvalue weighted by Gasteiger charge is -2.28. The van der Waals surface area contributed by atoms with E-state index in [4.69, 9.17) is 9.15 Å². The first-order valence-corrected chi connectivity index (χ1v) is 6.07. The van der Waals surface area contributed by atoms with Gasteiger partial charge < -0.3 is 13.9 Å². The third kappa shape index (κ3) is 2.96. The highest BCUT2D eigenvalue weighted by Crippen LogP contribution is 2.27. The molecule has 0 radical (unpaired) electrons. The largest absolute Gasteiger partial charge is 0.468 e. The van der Waals surface area contributed by atoms with Crippen LogP contribution in [0, 0.1) is 5.41 Å². The van der Waals surface area contributed by atoms with Crippen molar-refractivity contribution in [3.05, 3.63) is 24.2 Å². The lowest BCUT2D eigenvalue weighted by molar-refractivity contribution is -0.117. The first-order chi connectivity index (χ1) is 8.28. The summed E-state index contributed by atoms with van der Waals surface area (Å²) >= 11 is 0. The van der Waals surface area contributed by atoms with Gasteiger partial charge in [0.05, 0.1) is 24.8 Å². The molecule has 2 rings (SSSR count). The van der Waals surface area contributed by atoms with Gasteiger partial charge in [0.25, 0.3) is 0 Å². The summed E-state index contributed by atoms with van der Waals surface area (Å²) in [7, 11) is 0. The quantitative estimate of drug-likeness (QED) is 0.706. The summed E-state index contributed by atoms with van der Waals surface area (Å²) in [5, 5.41) is 0. The van der Waals surface area contributed by atoms with Gasteiger partial charge in [0.15, 0.2) is 0 Å². The Morgan fingerprint density at radius 1 is 1.59 bits per heavy atom. The second-order valence-electron chi connectivity index (χ2n) is 4.67. The lowest BCUT2D eigenvalue weighted by Crippen LogP contribution is -2.39. The number of nitrogens with zero attached hydrogens (tertiary/aromatic N) is 1. The van der Waals surface area contributed by atoms with Crippen molar-refractivity contribution in [1.29, 1.82) is 0 Å². The van der Waals surface area contributed by atoms with Crippen LogP contribution < -0.4 is 0 Å². The molecule has 1 aromatic rings. The third-order valence-electron chi connectivity index (χ3n) is 3.33. The van der Waals surface area contributed by atoms with Crippen LogP contribution in [0.15, 0.2) is 22.8 Å². The van der Waals surface area contributed by atoms with E-state index in [-0.39, 0.29) is 5.41 Å². The highest BCUT2D eigenvalue weighted by Gasteiger charge is 2.36. The van der Waals surface area contributed by atoms with Crippen molar-refractivity contribution in [2.75, 3.05) is 26.3 Å². The minimum atomic E-state index is -0.317. The van der Waals surface area contributed by atoms with Gasteiger partial charge in [-0.25, -0.2) is 0 Å². The molecule has 0 N–H and O–H groups in total. The lowest BCUT2D eigenvalue weighted by atomic mass is 9.88. The molecule has 1 aliphatic rings. The van der Waals surface area contributed by atoms with E-state index in [2.05, 4.69) is 11.8 Å². The van der Waals surface area contributed by atoms with Gasteiger partial charge in [0.2, 0.25) is 0 Å². The molecule has 1 aliphatic heterocycles. The fraction of sp³-hybridized carbons (Fsp3) is 0.615. The number of aldehydes is 1. The normalized spacial score (nSPS) is 24.4. The molecule has 1 fully saturated rings. The summed E-state index contributed by atoms with van der Waals surface area (Å²) in [4.78, 5) is 13.5. The molecule has 17 heavy (non-hydrogen) atoms. The molecule has 0 saturated carbocycles. The fourth-order valence-corrected chi connectivity index (χ4v) is 2.23. The molecular weight excluding hydrogens is 218 g/mol. The average molecular weight is 237 g/mol. The Balaban J connectivity index is 1.96. The maximum Gasteiger partial charge on any atom is 0.129 e. The highest BCUT2D eigenvalue weighted by atomic mass is 16.5. The molecule has 0 aromatic carbocycles. The average Bonchev–Trinajstić information content (AvgIpc) is 3.00. The van der Waals surface area contributed by atoms with E-state index in [1.54, 1.807) is 6.26 Å². The molecule has 1 atom stereocenters. The summed E-state index contributed by atoms with van der Waals surface area (Å²) in [5.74, 6) is 0.937. The van der Waals surface area contributed by atoms with Crippen LogP contribution in [0.5, 0.6) is 0 Å². The van der Waals surface area contributed by atoms with E-state index in [0.29, 0.717) is 13.2 Å². The van der Waals surface area contributed by atoms with Gasteiger partial charge in [0.1, 0.15) is 12.0 Å². The number of rotatable bonds is 6. The van der Waals surface area contributed by atoms with E-state index in [9.17, 15) is 4.79 Å². The van der Waals surface area contributed by atoms with E-state index in [1.165, 1.54) is 0 Å². The molecule has 0 bridgehead atoms. The molecule has 0 amide bonds. The fourth-order valence-electron chi connectivity index (χ4n) is 2.23. The Morgan fingerprint density at radius 2 is 2.47 bits per heavy atom. The van der Waals surface area contributed by atoms with Crippen LogP contribution in [-0.2, 0) is 16.1 Å². The smallest absolute Gasteiger partial charge is 0.129 e. The van der Waals surface area contributed by atoms with Crippen LogP contribution in [0.1, 0.15) is 19.1 Å². The van der Waals surface area contributed by atoms with Crippen molar-refractivity contribution in [3.8, 4) is 0 Å². The van der Waals surface area contributed by atoms with Crippen molar-refractivity contribution < 1.29 is 13.9 Å². The van der Waals surface area contributed by atoms with Gasteiger partial charge >= 0.3 is 0 Å². The van der Waals surface area contributed by atoms with Crippen molar-refractivity contribution in [2.45, 2.75) is 19.9 Å². The van der Waals surface area contributed by atoms with Gasteiger partial charge in [-0.15, -0.1) is 0 Å². The third-order valence-corrected chi connectivity index (χ3v) is 3.33. The van der Waals surface area contributed by atoms with Crippen LogP contribution >= 0.6 is 0 Å². The van der Waals surface area contributed by atoms with Crippen molar-refractivity contribution in [3.63, 3.8) is 0 Å². The maximum absolute atomic E-state index is 11.3. The molecule has 4 nitrogen and oxygen atoms in total. The SMILES string of the molecule is CCN(Cc1ccco1)CC1(C=O)CCOC1. The Morgan fingerprint density at radius 3 is 3.00 bits per heavy atom. The maximum atomic E-state index is 11.3. The predicted octanol–water partition coefficient (Wildman–Crippen LogP) is 1.71. The molecule has 0 aliphatic carbocycles. The van der Waals surface area contributed by atoms with Crippen LogP contribution in [0.2, 0.25) is 0 Å². The Bertz CT molecular complexity index is 342. The zero-order valence-electron chi connectivity index (χ0n) is 10.2. The molecule has 2 heterocycles. The second kappa shape index (κ2) is 5.47. The minimum Gasteiger partial charge on any atom is -0.468 e. The van der Waals surface area contributed by atoms with Gasteiger partial charge in [-0.05, 0) is 25.1 Å². The molecule has 4 heteroatoms. The number of carbonyl (C=O) groups is 1. The monoisotopic (exact) mass is 237 g/mol. The number of carbonyl (C=O) groups excluding carboxylic acids is 1. The predicted molar refractivity (Wildman–Crippen MR) is 63.6 cm³/mol. The Hall–Kier alpha value is -1.13. The first-order valence-electron chi connectivity index (χ1n) is 6.07. The van der Waals surface area contributed by atoms with Gasteiger partial charge in [-0.2, -0.15) is 0 Å². The van der Waals surface area contributed by atoms with E-state index >= 15 is 0 Å². The van der Waals surface area contributed by atoms with Crippen molar-refractivity contribution >= 4 is 6.29 Å². The summed E-state index contributed by atoms with van der Waals surface area (Å²) in [6.45, 7) is 5.72. The number of furan rings is 1. The summed E-state index contributed by atoms with van der Waals surface area (Å²) < 4.78 is 10.7. The molecule has 0 spiro atoms. The Labute approximate surface area is 102 Å². The summed E-state index contributed by atoms with van der Waals surface area (Å²) in [6, 6.07) is 3.85. The molecular formula is C13H19NO3. The molecule has 94 valence electrons. The first kappa shape index (κ1) is 12.3. The number of hydrogen-bond acceptors (Lipinski definition) is 4. The molecule has 1 saturated heterocycles. The van der Waals surface area contributed by atoms with Crippen LogP contribution in [0.3, 0.4) is 0 Å². The number of ether oxygens (including phenoxy) is 1. The van der Waals surface area contributed by atoms with Crippen molar-refractivity contribution in [1.82, 2.24) is 4.90 Å².